The van der Waals surface area contributed by atoms with Crippen molar-refractivity contribution in [2.45, 2.75) is 47.0 Å². The average molecular weight is 256 g/mol. The maximum atomic E-state index is 12.0. The van der Waals surface area contributed by atoms with Crippen molar-refractivity contribution in [3.8, 4) is 0 Å². The SMILES string of the molecule is CCC1CC(C)(C(=O)O)CC1C(=O)OCC(C)C. The fourth-order valence-electron chi connectivity index (χ4n) is 2.69. The van der Waals surface area contributed by atoms with Gasteiger partial charge < -0.3 is 9.84 Å². The molecule has 1 aliphatic rings. The fraction of sp³-hybridized carbons (Fsp3) is 0.857. The van der Waals surface area contributed by atoms with Crippen LogP contribution in [0.1, 0.15) is 47.0 Å². The van der Waals surface area contributed by atoms with Gasteiger partial charge in [-0.15, -0.1) is 0 Å². The fourth-order valence-corrected chi connectivity index (χ4v) is 2.69. The third-order valence-electron chi connectivity index (χ3n) is 3.85. The summed E-state index contributed by atoms with van der Waals surface area (Å²) in [6, 6.07) is 0. The second kappa shape index (κ2) is 5.72. The zero-order valence-electron chi connectivity index (χ0n) is 11.7. The normalized spacial score (nSPS) is 31.6. The molecule has 18 heavy (non-hydrogen) atoms. The molecule has 1 N–H and O–H groups in total. The summed E-state index contributed by atoms with van der Waals surface area (Å²) in [5, 5.41) is 9.25. The van der Waals surface area contributed by atoms with Crippen LogP contribution in [0.25, 0.3) is 0 Å². The Balaban J connectivity index is 2.70. The summed E-state index contributed by atoms with van der Waals surface area (Å²) in [5.41, 5.74) is -0.776. The zero-order valence-corrected chi connectivity index (χ0v) is 11.7. The molecule has 3 atom stereocenters. The Kier molecular flexibility index (Phi) is 4.77. The topological polar surface area (TPSA) is 63.6 Å². The van der Waals surface area contributed by atoms with Crippen LogP contribution in [0.4, 0.5) is 0 Å². The van der Waals surface area contributed by atoms with Crippen molar-refractivity contribution in [2.24, 2.45) is 23.2 Å². The van der Waals surface area contributed by atoms with Gasteiger partial charge in [-0.2, -0.15) is 0 Å². The van der Waals surface area contributed by atoms with E-state index in [9.17, 15) is 14.7 Å². The Morgan fingerprint density at radius 3 is 2.44 bits per heavy atom. The van der Waals surface area contributed by atoms with Crippen molar-refractivity contribution in [3.63, 3.8) is 0 Å². The van der Waals surface area contributed by atoms with Crippen molar-refractivity contribution >= 4 is 11.9 Å². The molecule has 0 aromatic rings. The minimum Gasteiger partial charge on any atom is -0.481 e. The Hall–Kier alpha value is -1.06. The van der Waals surface area contributed by atoms with Crippen LogP contribution in [-0.4, -0.2) is 23.7 Å². The summed E-state index contributed by atoms with van der Waals surface area (Å²) in [6.07, 6.45) is 1.79. The number of esters is 1. The lowest BCUT2D eigenvalue weighted by molar-refractivity contribution is -0.152. The van der Waals surface area contributed by atoms with Gasteiger partial charge in [0.2, 0.25) is 0 Å². The highest BCUT2D eigenvalue weighted by Crippen LogP contribution is 2.47. The molecule has 1 aliphatic carbocycles. The van der Waals surface area contributed by atoms with Crippen molar-refractivity contribution in [1.29, 1.82) is 0 Å². The molecule has 0 heterocycles. The molecule has 0 saturated heterocycles. The van der Waals surface area contributed by atoms with Crippen LogP contribution in [0.3, 0.4) is 0 Å². The van der Waals surface area contributed by atoms with E-state index in [-0.39, 0.29) is 17.8 Å². The van der Waals surface area contributed by atoms with Crippen LogP contribution >= 0.6 is 0 Å². The molecule has 4 heteroatoms. The van der Waals surface area contributed by atoms with Crippen molar-refractivity contribution in [3.05, 3.63) is 0 Å². The van der Waals surface area contributed by atoms with Gasteiger partial charge in [0.15, 0.2) is 0 Å². The lowest BCUT2D eigenvalue weighted by atomic mass is 9.87. The number of carboxylic acid groups (broad SMARTS) is 1. The molecule has 0 bridgehead atoms. The van der Waals surface area contributed by atoms with Crippen molar-refractivity contribution in [1.82, 2.24) is 0 Å². The van der Waals surface area contributed by atoms with Gasteiger partial charge >= 0.3 is 11.9 Å². The standard InChI is InChI=1S/C14H24O4/c1-5-10-6-14(4,13(16)17)7-11(10)12(15)18-8-9(2)3/h9-11H,5-8H2,1-4H3,(H,16,17). The molecule has 1 fully saturated rings. The maximum Gasteiger partial charge on any atom is 0.309 e. The van der Waals surface area contributed by atoms with Gasteiger partial charge in [-0.3, -0.25) is 9.59 Å². The molecule has 0 aromatic heterocycles. The van der Waals surface area contributed by atoms with Gasteiger partial charge in [0.1, 0.15) is 0 Å². The summed E-state index contributed by atoms with van der Waals surface area (Å²) in [4.78, 5) is 23.3. The molecule has 104 valence electrons. The van der Waals surface area contributed by atoms with Gasteiger partial charge in [0, 0.05) is 0 Å². The quantitative estimate of drug-likeness (QED) is 0.768. The van der Waals surface area contributed by atoms with E-state index in [1.165, 1.54) is 0 Å². The Morgan fingerprint density at radius 1 is 1.39 bits per heavy atom. The highest BCUT2D eigenvalue weighted by atomic mass is 16.5. The molecule has 0 aliphatic heterocycles. The highest BCUT2D eigenvalue weighted by Gasteiger charge is 2.49. The zero-order chi connectivity index (χ0) is 13.9. The largest absolute Gasteiger partial charge is 0.481 e. The molecule has 0 aromatic carbocycles. The molecule has 0 spiro atoms. The van der Waals surface area contributed by atoms with E-state index in [2.05, 4.69) is 0 Å². The van der Waals surface area contributed by atoms with Crippen LogP contribution in [0.2, 0.25) is 0 Å². The van der Waals surface area contributed by atoms with E-state index in [4.69, 9.17) is 4.74 Å². The monoisotopic (exact) mass is 256 g/mol. The lowest BCUT2D eigenvalue weighted by Gasteiger charge is -2.17. The Morgan fingerprint density at radius 2 is 2.00 bits per heavy atom. The van der Waals surface area contributed by atoms with Crippen molar-refractivity contribution in [2.75, 3.05) is 6.61 Å². The smallest absolute Gasteiger partial charge is 0.309 e. The third-order valence-corrected chi connectivity index (χ3v) is 3.85. The van der Waals surface area contributed by atoms with Gasteiger partial charge in [-0.1, -0.05) is 27.2 Å². The first-order valence-electron chi connectivity index (χ1n) is 6.70. The van der Waals surface area contributed by atoms with E-state index in [0.717, 1.165) is 6.42 Å². The third kappa shape index (κ3) is 3.24. The summed E-state index contributed by atoms with van der Waals surface area (Å²) in [6.45, 7) is 8.12. The molecule has 0 amide bonds. The highest BCUT2D eigenvalue weighted by molar-refractivity contribution is 5.79. The number of carbonyl (C=O) groups is 2. The van der Waals surface area contributed by atoms with E-state index in [0.29, 0.717) is 25.4 Å². The number of carbonyl (C=O) groups excluding carboxylic acids is 1. The first-order valence-corrected chi connectivity index (χ1v) is 6.70. The Labute approximate surface area is 109 Å². The second-order valence-electron chi connectivity index (χ2n) is 6.07. The minimum atomic E-state index is -0.805. The van der Waals surface area contributed by atoms with E-state index in [1.807, 2.05) is 20.8 Å². The summed E-state index contributed by atoms with van der Waals surface area (Å²) >= 11 is 0. The number of ether oxygens (including phenoxy) is 1. The van der Waals surface area contributed by atoms with Crippen LogP contribution in [-0.2, 0) is 14.3 Å². The van der Waals surface area contributed by atoms with E-state index < -0.39 is 11.4 Å². The predicted molar refractivity (Wildman–Crippen MR) is 68.0 cm³/mol. The first kappa shape index (κ1) is 15.0. The number of rotatable bonds is 5. The molecular formula is C14H24O4. The van der Waals surface area contributed by atoms with E-state index >= 15 is 0 Å². The summed E-state index contributed by atoms with van der Waals surface area (Å²) in [5.74, 6) is -0.845. The molecule has 0 radical (unpaired) electrons. The predicted octanol–water partition coefficient (Wildman–Crippen LogP) is 2.71. The molecule has 1 saturated carbocycles. The van der Waals surface area contributed by atoms with Gasteiger partial charge in [-0.25, -0.2) is 0 Å². The van der Waals surface area contributed by atoms with Gasteiger partial charge in [0.05, 0.1) is 17.9 Å². The number of carboxylic acids is 1. The van der Waals surface area contributed by atoms with Crippen LogP contribution in [0.15, 0.2) is 0 Å². The van der Waals surface area contributed by atoms with Crippen LogP contribution < -0.4 is 0 Å². The number of aliphatic carboxylic acids is 1. The van der Waals surface area contributed by atoms with E-state index in [1.54, 1.807) is 6.92 Å². The lowest BCUT2D eigenvalue weighted by Crippen LogP contribution is -2.26. The van der Waals surface area contributed by atoms with Gasteiger partial charge in [-0.05, 0) is 31.6 Å². The molecule has 4 nitrogen and oxygen atoms in total. The number of hydrogen-bond acceptors (Lipinski definition) is 3. The second-order valence-corrected chi connectivity index (χ2v) is 6.07. The van der Waals surface area contributed by atoms with Crippen molar-refractivity contribution < 1.29 is 19.4 Å². The summed E-state index contributed by atoms with van der Waals surface area (Å²) < 4.78 is 5.26. The molecular weight excluding hydrogens is 232 g/mol. The Bertz CT molecular complexity index is 324. The summed E-state index contributed by atoms with van der Waals surface area (Å²) in [7, 11) is 0. The first-order chi connectivity index (χ1) is 8.30. The average Bonchev–Trinajstić information content (AvgIpc) is 2.65. The minimum absolute atomic E-state index is 0.130. The van der Waals surface area contributed by atoms with Crippen LogP contribution in [0, 0.1) is 23.2 Å². The number of hydrogen-bond donors (Lipinski definition) is 1. The maximum absolute atomic E-state index is 12.0. The van der Waals surface area contributed by atoms with Crippen LogP contribution in [0.5, 0.6) is 0 Å². The molecule has 3 unspecified atom stereocenters. The van der Waals surface area contributed by atoms with Gasteiger partial charge in [0.25, 0.3) is 0 Å². The molecule has 1 rings (SSSR count).